The van der Waals surface area contributed by atoms with Crippen molar-refractivity contribution in [1.29, 1.82) is 5.41 Å². The zero-order valence-corrected chi connectivity index (χ0v) is 6.36. The summed E-state index contributed by atoms with van der Waals surface area (Å²) < 4.78 is 0. The van der Waals surface area contributed by atoms with Crippen LogP contribution in [0.5, 0.6) is 0 Å². The van der Waals surface area contributed by atoms with Crippen LogP contribution in [0.3, 0.4) is 0 Å². The summed E-state index contributed by atoms with van der Waals surface area (Å²) >= 11 is 0. The van der Waals surface area contributed by atoms with E-state index in [0.29, 0.717) is 11.4 Å². The van der Waals surface area contributed by atoms with E-state index in [1.807, 2.05) is 0 Å². The SMILES string of the molecule is N=CC=NNc1cncc(N)c1. The summed E-state index contributed by atoms with van der Waals surface area (Å²) in [7, 11) is 0. The molecular weight excluding hydrogens is 154 g/mol. The van der Waals surface area contributed by atoms with E-state index < -0.39 is 0 Å². The molecule has 0 amide bonds. The van der Waals surface area contributed by atoms with Gasteiger partial charge >= 0.3 is 0 Å². The first-order chi connectivity index (χ1) is 5.83. The molecule has 5 nitrogen and oxygen atoms in total. The Morgan fingerprint density at radius 2 is 2.42 bits per heavy atom. The Balaban J connectivity index is 2.63. The van der Waals surface area contributed by atoms with E-state index in [1.165, 1.54) is 6.21 Å². The Labute approximate surface area is 69.8 Å². The molecule has 0 fully saturated rings. The molecule has 0 saturated heterocycles. The molecule has 12 heavy (non-hydrogen) atoms. The minimum Gasteiger partial charge on any atom is -0.397 e. The maximum Gasteiger partial charge on any atom is 0.0765 e. The summed E-state index contributed by atoms with van der Waals surface area (Å²) in [5, 5.41) is 10.3. The first-order valence-corrected chi connectivity index (χ1v) is 3.31. The summed E-state index contributed by atoms with van der Waals surface area (Å²) in [6, 6.07) is 1.70. The Hall–Kier alpha value is -1.91. The molecule has 1 rings (SSSR count). The van der Waals surface area contributed by atoms with Gasteiger partial charge in [-0.25, -0.2) is 0 Å². The molecule has 0 aliphatic heterocycles. The lowest BCUT2D eigenvalue weighted by Gasteiger charge is -1.98. The van der Waals surface area contributed by atoms with Crippen molar-refractivity contribution in [2.45, 2.75) is 0 Å². The molecule has 0 aromatic carbocycles. The average molecular weight is 163 g/mol. The van der Waals surface area contributed by atoms with Crippen LogP contribution >= 0.6 is 0 Å². The van der Waals surface area contributed by atoms with Crippen molar-refractivity contribution in [3.05, 3.63) is 18.5 Å². The predicted octanol–water partition coefficient (Wildman–Crippen LogP) is 0.711. The lowest BCUT2D eigenvalue weighted by Crippen LogP contribution is -1.92. The number of rotatable bonds is 3. The van der Waals surface area contributed by atoms with Gasteiger partial charge in [-0.2, -0.15) is 5.10 Å². The molecule has 1 aromatic heterocycles. The molecule has 0 radical (unpaired) electrons. The highest BCUT2D eigenvalue weighted by atomic mass is 15.3. The fourth-order valence-corrected chi connectivity index (χ4v) is 0.668. The zero-order chi connectivity index (χ0) is 8.81. The van der Waals surface area contributed by atoms with Crippen LogP contribution in [0.25, 0.3) is 0 Å². The average Bonchev–Trinajstić information content (AvgIpc) is 2.05. The monoisotopic (exact) mass is 163 g/mol. The highest BCUT2D eigenvalue weighted by Crippen LogP contribution is 2.08. The molecule has 0 unspecified atom stereocenters. The molecule has 1 heterocycles. The minimum absolute atomic E-state index is 0.574. The fourth-order valence-electron chi connectivity index (χ4n) is 0.668. The molecule has 4 N–H and O–H groups in total. The van der Waals surface area contributed by atoms with Crippen molar-refractivity contribution in [3.8, 4) is 0 Å². The van der Waals surface area contributed by atoms with E-state index in [-0.39, 0.29) is 0 Å². The quantitative estimate of drug-likeness (QED) is 0.453. The summed E-state index contributed by atoms with van der Waals surface area (Å²) in [4.78, 5) is 3.84. The fraction of sp³-hybridized carbons (Fsp3) is 0. The van der Waals surface area contributed by atoms with Gasteiger partial charge in [0.2, 0.25) is 0 Å². The van der Waals surface area contributed by atoms with Crippen LogP contribution in [-0.2, 0) is 0 Å². The molecule has 5 heteroatoms. The number of anilines is 2. The molecule has 0 aliphatic carbocycles. The maximum absolute atomic E-state index is 6.66. The lowest BCUT2D eigenvalue weighted by atomic mass is 10.4. The molecule has 0 atom stereocenters. The summed E-state index contributed by atoms with van der Waals surface area (Å²) in [5.74, 6) is 0. The molecule has 62 valence electrons. The number of aromatic nitrogens is 1. The van der Waals surface area contributed by atoms with Gasteiger partial charge in [0.25, 0.3) is 0 Å². The van der Waals surface area contributed by atoms with Gasteiger partial charge in [-0.1, -0.05) is 0 Å². The van der Waals surface area contributed by atoms with Gasteiger partial charge in [-0.15, -0.1) is 0 Å². The van der Waals surface area contributed by atoms with E-state index in [1.54, 1.807) is 18.5 Å². The van der Waals surface area contributed by atoms with Crippen LogP contribution in [0, 0.1) is 5.41 Å². The highest BCUT2D eigenvalue weighted by molar-refractivity contribution is 6.14. The van der Waals surface area contributed by atoms with Crippen molar-refractivity contribution < 1.29 is 0 Å². The standard InChI is InChI=1S/C7H9N5/c8-1-2-11-12-7-3-6(9)4-10-5-7/h1-5,8,12H,9H2. The van der Waals surface area contributed by atoms with Crippen LogP contribution < -0.4 is 11.2 Å². The molecular formula is C7H9N5. The number of nitrogens with zero attached hydrogens (tertiary/aromatic N) is 2. The first-order valence-electron chi connectivity index (χ1n) is 3.31. The van der Waals surface area contributed by atoms with Crippen LogP contribution in [0.1, 0.15) is 0 Å². The van der Waals surface area contributed by atoms with Gasteiger partial charge in [0.1, 0.15) is 0 Å². The van der Waals surface area contributed by atoms with Crippen molar-refractivity contribution in [2.75, 3.05) is 11.2 Å². The van der Waals surface area contributed by atoms with Gasteiger partial charge in [0.05, 0.1) is 23.8 Å². The van der Waals surface area contributed by atoms with Crippen LogP contribution in [-0.4, -0.2) is 17.4 Å². The normalized spacial score (nSPS) is 10.0. The van der Waals surface area contributed by atoms with E-state index in [9.17, 15) is 0 Å². The van der Waals surface area contributed by atoms with Crippen molar-refractivity contribution in [3.63, 3.8) is 0 Å². The number of nitrogens with two attached hydrogens (primary N) is 1. The van der Waals surface area contributed by atoms with Crippen LogP contribution in [0.15, 0.2) is 23.6 Å². The number of hydrogen-bond donors (Lipinski definition) is 3. The zero-order valence-electron chi connectivity index (χ0n) is 6.36. The second-order valence-corrected chi connectivity index (χ2v) is 2.06. The Bertz CT molecular complexity index is 294. The Morgan fingerprint density at radius 1 is 1.58 bits per heavy atom. The van der Waals surface area contributed by atoms with E-state index >= 15 is 0 Å². The summed E-state index contributed by atoms with van der Waals surface area (Å²) in [6.45, 7) is 0. The summed E-state index contributed by atoms with van der Waals surface area (Å²) in [6.07, 6.45) is 5.54. The Kier molecular flexibility index (Phi) is 2.78. The van der Waals surface area contributed by atoms with Crippen molar-refractivity contribution >= 4 is 23.8 Å². The molecule has 0 spiro atoms. The van der Waals surface area contributed by atoms with E-state index in [4.69, 9.17) is 11.1 Å². The third-order valence-electron chi connectivity index (χ3n) is 1.10. The summed E-state index contributed by atoms with van der Waals surface area (Å²) in [5.41, 5.74) is 9.40. The molecule has 0 bridgehead atoms. The van der Waals surface area contributed by atoms with Gasteiger partial charge in [-0.05, 0) is 6.07 Å². The lowest BCUT2D eigenvalue weighted by molar-refractivity contribution is 1.28. The van der Waals surface area contributed by atoms with Gasteiger partial charge in [0.15, 0.2) is 0 Å². The predicted molar refractivity (Wildman–Crippen MR) is 49.5 cm³/mol. The topological polar surface area (TPSA) is 87.2 Å². The van der Waals surface area contributed by atoms with Gasteiger partial charge < -0.3 is 11.1 Å². The number of nitrogen functional groups attached to an aromatic ring is 1. The van der Waals surface area contributed by atoms with Gasteiger partial charge in [0, 0.05) is 12.4 Å². The van der Waals surface area contributed by atoms with Crippen molar-refractivity contribution in [1.82, 2.24) is 4.98 Å². The number of hydrogen-bond acceptors (Lipinski definition) is 5. The second-order valence-electron chi connectivity index (χ2n) is 2.06. The molecule has 1 aromatic rings. The number of hydrazone groups is 1. The van der Waals surface area contributed by atoms with Gasteiger partial charge in [-0.3, -0.25) is 10.4 Å². The first kappa shape index (κ1) is 8.19. The maximum atomic E-state index is 6.66. The third kappa shape index (κ3) is 2.37. The molecule has 0 saturated carbocycles. The van der Waals surface area contributed by atoms with Crippen LogP contribution in [0.4, 0.5) is 11.4 Å². The molecule has 0 aliphatic rings. The highest BCUT2D eigenvalue weighted by Gasteiger charge is 1.89. The largest absolute Gasteiger partial charge is 0.397 e. The number of nitrogens with one attached hydrogen (secondary N) is 2. The van der Waals surface area contributed by atoms with E-state index in [0.717, 1.165) is 6.21 Å². The van der Waals surface area contributed by atoms with Crippen molar-refractivity contribution in [2.24, 2.45) is 5.10 Å². The van der Waals surface area contributed by atoms with E-state index in [2.05, 4.69) is 15.5 Å². The second kappa shape index (κ2) is 4.07. The third-order valence-corrected chi connectivity index (χ3v) is 1.10. The Morgan fingerprint density at radius 3 is 3.08 bits per heavy atom. The number of pyridine rings is 1. The minimum atomic E-state index is 0.574. The van der Waals surface area contributed by atoms with Crippen LogP contribution in [0.2, 0.25) is 0 Å². The smallest absolute Gasteiger partial charge is 0.0765 e.